The lowest BCUT2D eigenvalue weighted by Gasteiger charge is -2.09. The van der Waals surface area contributed by atoms with Crippen LogP contribution in [0.2, 0.25) is 0 Å². The number of aromatic nitrogens is 1. The van der Waals surface area contributed by atoms with Gasteiger partial charge in [-0.15, -0.1) is 0 Å². The first-order chi connectivity index (χ1) is 9.70. The number of hydrogen-bond donors (Lipinski definition) is 3. The zero-order chi connectivity index (χ0) is 14.4. The fraction of sp³-hybridized carbons (Fsp3) is 0.438. The van der Waals surface area contributed by atoms with Crippen LogP contribution in [0.1, 0.15) is 25.3 Å². The number of fused-ring (bicyclic) bond motifs is 1. The average molecular weight is 274 g/mol. The molecule has 1 atom stereocenters. The summed E-state index contributed by atoms with van der Waals surface area (Å²) >= 11 is 0. The van der Waals surface area contributed by atoms with Crippen molar-refractivity contribution in [2.24, 2.45) is 5.92 Å². The summed E-state index contributed by atoms with van der Waals surface area (Å²) in [5.41, 5.74) is 2.40. The van der Waals surface area contributed by atoms with E-state index in [4.69, 9.17) is 5.11 Å². The number of H-pyrrole nitrogens is 1. The minimum absolute atomic E-state index is 0.0603. The highest BCUT2D eigenvalue weighted by Crippen LogP contribution is 2.19. The smallest absolute Gasteiger partial charge is 0.220 e. The first-order valence-electron chi connectivity index (χ1n) is 7.13. The number of nitrogens with one attached hydrogen (secondary N) is 2. The second kappa shape index (κ2) is 7.10. The summed E-state index contributed by atoms with van der Waals surface area (Å²) in [6.07, 6.45) is 4.28. The van der Waals surface area contributed by atoms with Crippen molar-refractivity contribution in [1.82, 2.24) is 10.3 Å². The van der Waals surface area contributed by atoms with Gasteiger partial charge < -0.3 is 15.4 Å². The predicted molar refractivity (Wildman–Crippen MR) is 80.5 cm³/mol. The molecule has 4 heteroatoms. The summed E-state index contributed by atoms with van der Waals surface area (Å²) in [5, 5.41) is 13.0. The molecule has 2 aromatic rings. The van der Waals surface area contributed by atoms with E-state index >= 15 is 0 Å². The molecule has 0 radical (unpaired) electrons. The molecule has 0 saturated carbocycles. The largest absolute Gasteiger partial charge is 0.396 e. The summed E-state index contributed by atoms with van der Waals surface area (Å²) < 4.78 is 0. The Morgan fingerprint density at radius 3 is 3.00 bits per heavy atom. The Balaban J connectivity index is 1.77. The maximum atomic E-state index is 11.7. The summed E-state index contributed by atoms with van der Waals surface area (Å²) in [4.78, 5) is 14.9. The van der Waals surface area contributed by atoms with Gasteiger partial charge in [0.2, 0.25) is 5.91 Å². The highest BCUT2D eigenvalue weighted by atomic mass is 16.3. The number of benzene rings is 1. The van der Waals surface area contributed by atoms with Crippen LogP contribution in [0.4, 0.5) is 0 Å². The Hall–Kier alpha value is -1.81. The molecule has 0 unspecified atom stereocenters. The van der Waals surface area contributed by atoms with Gasteiger partial charge in [0.05, 0.1) is 0 Å². The fourth-order valence-electron chi connectivity index (χ4n) is 2.22. The number of amides is 1. The SMILES string of the molecule is C[C@@H](CO)CNC(=O)CCCc1c[nH]c2ccccc12. The van der Waals surface area contributed by atoms with Gasteiger partial charge in [-0.1, -0.05) is 25.1 Å². The van der Waals surface area contributed by atoms with Crippen molar-refractivity contribution in [2.45, 2.75) is 26.2 Å². The Morgan fingerprint density at radius 2 is 2.20 bits per heavy atom. The van der Waals surface area contributed by atoms with Crippen molar-refractivity contribution < 1.29 is 9.90 Å². The Labute approximate surface area is 119 Å². The van der Waals surface area contributed by atoms with Gasteiger partial charge in [0.25, 0.3) is 0 Å². The number of para-hydroxylation sites is 1. The van der Waals surface area contributed by atoms with Crippen LogP contribution in [0.15, 0.2) is 30.5 Å². The van der Waals surface area contributed by atoms with Crippen molar-refractivity contribution in [3.05, 3.63) is 36.0 Å². The van der Waals surface area contributed by atoms with E-state index in [0.717, 1.165) is 18.4 Å². The number of rotatable bonds is 7. The number of aryl methyl sites for hydroxylation is 1. The van der Waals surface area contributed by atoms with E-state index in [0.29, 0.717) is 13.0 Å². The van der Waals surface area contributed by atoms with Crippen molar-refractivity contribution in [1.29, 1.82) is 0 Å². The zero-order valence-corrected chi connectivity index (χ0v) is 11.9. The summed E-state index contributed by atoms with van der Waals surface area (Å²) in [6.45, 7) is 2.56. The average Bonchev–Trinajstić information content (AvgIpc) is 2.88. The molecule has 1 aromatic heterocycles. The molecule has 4 nitrogen and oxygen atoms in total. The van der Waals surface area contributed by atoms with Crippen molar-refractivity contribution in [2.75, 3.05) is 13.2 Å². The first-order valence-corrected chi connectivity index (χ1v) is 7.13. The third-order valence-electron chi connectivity index (χ3n) is 3.48. The fourth-order valence-corrected chi connectivity index (χ4v) is 2.22. The van der Waals surface area contributed by atoms with Crippen LogP contribution in [0.25, 0.3) is 10.9 Å². The molecule has 0 fully saturated rings. The second-order valence-electron chi connectivity index (χ2n) is 5.30. The quantitative estimate of drug-likeness (QED) is 0.725. The van der Waals surface area contributed by atoms with Gasteiger partial charge in [0.1, 0.15) is 0 Å². The van der Waals surface area contributed by atoms with E-state index in [1.54, 1.807) is 0 Å². The summed E-state index contributed by atoms with van der Waals surface area (Å²) in [6, 6.07) is 8.20. The van der Waals surface area contributed by atoms with E-state index in [2.05, 4.69) is 22.4 Å². The molecule has 108 valence electrons. The highest BCUT2D eigenvalue weighted by molar-refractivity contribution is 5.83. The summed E-state index contributed by atoms with van der Waals surface area (Å²) in [7, 11) is 0. The van der Waals surface area contributed by atoms with Crippen LogP contribution < -0.4 is 5.32 Å². The van der Waals surface area contributed by atoms with Gasteiger partial charge in [-0.25, -0.2) is 0 Å². The number of aromatic amines is 1. The van der Waals surface area contributed by atoms with Crippen LogP contribution in [-0.4, -0.2) is 29.1 Å². The second-order valence-corrected chi connectivity index (χ2v) is 5.30. The lowest BCUT2D eigenvalue weighted by atomic mass is 10.1. The van der Waals surface area contributed by atoms with E-state index in [9.17, 15) is 4.79 Å². The molecule has 1 heterocycles. The molecule has 0 aliphatic rings. The normalized spacial score (nSPS) is 12.5. The van der Waals surface area contributed by atoms with Crippen LogP contribution in [0, 0.1) is 5.92 Å². The zero-order valence-electron chi connectivity index (χ0n) is 11.9. The number of aliphatic hydroxyl groups is 1. The molecule has 20 heavy (non-hydrogen) atoms. The van der Waals surface area contributed by atoms with Crippen LogP contribution in [0.3, 0.4) is 0 Å². The lowest BCUT2D eigenvalue weighted by Crippen LogP contribution is -2.29. The van der Waals surface area contributed by atoms with E-state index in [1.165, 1.54) is 10.9 Å². The Kier molecular flexibility index (Phi) is 5.18. The Morgan fingerprint density at radius 1 is 1.40 bits per heavy atom. The first kappa shape index (κ1) is 14.6. The lowest BCUT2D eigenvalue weighted by molar-refractivity contribution is -0.121. The topological polar surface area (TPSA) is 65.1 Å². The molecule has 0 bridgehead atoms. The molecule has 0 saturated heterocycles. The van der Waals surface area contributed by atoms with Crippen LogP contribution >= 0.6 is 0 Å². The highest BCUT2D eigenvalue weighted by Gasteiger charge is 2.06. The van der Waals surface area contributed by atoms with Gasteiger partial charge in [-0.3, -0.25) is 4.79 Å². The van der Waals surface area contributed by atoms with E-state index < -0.39 is 0 Å². The number of hydrogen-bond acceptors (Lipinski definition) is 2. The standard InChI is InChI=1S/C16H22N2O2/c1-12(11-19)9-18-16(20)8-4-5-13-10-17-15-7-3-2-6-14(13)15/h2-3,6-7,10,12,17,19H,4-5,8-9,11H2,1H3,(H,18,20)/t12-/m1/s1. The molecular weight excluding hydrogens is 252 g/mol. The van der Waals surface area contributed by atoms with Crippen molar-refractivity contribution in [3.8, 4) is 0 Å². The van der Waals surface area contributed by atoms with Gasteiger partial charge in [0, 0.05) is 36.7 Å². The number of aliphatic hydroxyl groups excluding tert-OH is 1. The maximum Gasteiger partial charge on any atom is 0.220 e. The molecule has 2 rings (SSSR count). The number of carbonyl (C=O) groups is 1. The van der Waals surface area contributed by atoms with Gasteiger partial charge in [0.15, 0.2) is 0 Å². The van der Waals surface area contributed by atoms with Crippen LogP contribution in [0.5, 0.6) is 0 Å². The van der Waals surface area contributed by atoms with Gasteiger partial charge in [-0.2, -0.15) is 0 Å². The molecular formula is C16H22N2O2. The minimum atomic E-state index is 0.0603. The summed E-state index contributed by atoms with van der Waals surface area (Å²) in [5.74, 6) is 0.178. The monoisotopic (exact) mass is 274 g/mol. The molecule has 0 spiro atoms. The third-order valence-corrected chi connectivity index (χ3v) is 3.48. The van der Waals surface area contributed by atoms with Gasteiger partial charge in [-0.05, 0) is 30.4 Å². The Bertz CT molecular complexity index is 562. The molecule has 3 N–H and O–H groups in total. The van der Waals surface area contributed by atoms with E-state index in [-0.39, 0.29) is 18.4 Å². The van der Waals surface area contributed by atoms with Gasteiger partial charge >= 0.3 is 0 Å². The minimum Gasteiger partial charge on any atom is -0.396 e. The molecule has 1 aromatic carbocycles. The molecule has 0 aliphatic heterocycles. The van der Waals surface area contributed by atoms with Crippen LogP contribution in [-0.2, 0) is 11.2 Å². The number of carbonyl (C=O) groups excluding carboxylic acids is 1. The molecule has 1 amide bonds. The van der Waals surface area contributed by atoms with Crippen molar-refractivity contribution >= 4 is 16.8 Å². The predicted octanol–water partition coefficient (Wildman–Crippen LogP) is 2.24. The molecule has 0 aliphatic carbocycles. The maximum absolute atomic E-state index is 11.7. The van der Waals surface area contributed by atoms with E-state index in [1.807, 2.05) is 25.3 Å². The third kappa shape index (κ3) is 3.84. The van der Waals surface area contributed by atoms with Crippen molar-refractivity contribution in [3.63, 3.8) is 0 Å².